The first-order valence-electron chi connectivity index (χ1n) is 8.63. The van der Waals surface area contributed by atoms with Crippen LogP contribution in [0.4, 0.5) is 11.4 Å². The maximum atomic E-state index is 12.1. The molecular formula is C20H25N3O2. The van der Waals surface area contributed by atoms with Gasteiger partial charge in [-0.25, -0.2) is 0 Å². The van der Waals surface area contributed by atoms with E-state index in [4.69, 9.17) is 0 Å². The van der Waals surface area contributed by atoms with Crippen molar-refractivity contribution in [2.45, 2.75) is 33.6 Å². The number of rotatable bonds is 8. The zero-order valence-electron chi connectivity index (χ0n) is 15.1. The van der Waals surface area contributed by atoms with Crippen molar-refractivity contribution in [3.05, 3.63) is 53.9 Å². The van der Waals surface area contributed by atoms with Crippen molar-refractivity contribution >= 4 is 23.1 Å². The van der Waals surface area contributed by atoms with Crippen molar-refractivity contribution in [2.75, 3.05) is 23.3 Å². The number of hydrogen-bond acceptors (Lipinski definition) is 4. The van der Waals surface area contributed by atoms with E-state index in [0.29, 0.717) is 5.56 Å². The van der Waals surface area contributed by atoms with Gasteiger partial charge < -0.3 is 10.2 Å². The lowest BCUT2D eigenvalue weighted by Crippen LogP contribution is -2.22. The molecule has 2 rings (SSSR count). The van der Waals surface area contributed by atoms with Gasteiger partial charge in [-0.1, -0.05) is 0 Å². The highest BCUT2D eigenvalue weighted by molar-refractivity contribution is 6.00. The van der Waals surface area contributed by atoms with E-state index in [9.17, 15) is 9.59 Å². The molecule has 0 saturated heterocycles. The number of nitrogens with one attached hydrogen (secondary N) is 1. The molecule has 1 heterocycles. The maximum absolute atomic E-state index is 12.1. The summed E-state index contributed by atoms with van der Waals surface area (Å²) in [4.78, 5) is 30.3. The Morgan fingerprint density at radius 1 is 1.12 bits per heavy atom. The van der Waals surface area contributed by atoms with Gasteiger partial charge in [-0.3, -0.25) is 14.6 Å². The van der Waals surface area contributed by atoms with E-state index in [-0.39, 0.29) is 24.5 Å². The van der Waals surface area contributed by atoms with Gasteiger partial charge in [0.25, 0.3) is 0 Å². The molecule has 0 aliphatic rings. The van der Waals surface area contributed by atoms with Crippen molar-refractivity contribution in [3.8, 4) is 0 Å². The zero-order chi connectivity index (χ0) is 18.2. The van der Waals surface area contributed by atoms with Crippen molar-refractivity contribution in [1.82, 2.24) is 4.98 Å². The Morgan fingerprint density at radius 2 is 1.88 bits per heavy atom. The molecule has 132 valence electrons. The molecule has 0 aliphatic heterocycles. The lowest BCUT2D eigenvalue weighted by molar-refractivity contribution is -0.116. The molecule has 1 N–H and O–H groups in total. The van der Waals surface area contributed by atoms with Crippen LogP contribution in [-0.2, 0) is 4.79 Å². The summed E-state index contributed by atoms with van der Waals surface area (Å²) >= 11 is 0. The van der Waals surface area contributed by atoms with Gasteiger partial charge in [0.1, 0.15) is 0 Å². The van der Waals surface area contributed by atoms with E-state index in [1.54, 1.807) is 18.3 Å². The molecule has 0 atom stereocenters. The van der Waals surface area contributed by atoms with Gasteiger partial charge >= 0.3 is 0 Å². The fourth-order valence-electron chi connectivity index (χ4n) is 2.69. The van der Waals surface area contributed by atoms with E-state index in [1.807, 2.05) is 19.1 Å². The van der Waals surface area contributed by atoms with Crippen LogP contribution < -0.4 is 10.2 Å². The van der Waals surface area contributed by atoms with Crippen LogP contribution in [0.3, 0.4) is 0 Å². The van der Waals surface area contributed by atoms with Gasteiger partial charge in [0.15, 0.2) is 5.78 Å². The maximum Gasteiger partial charge on any atom is 0.224 e. The first kappa shape index (κ1) is 18.6. The molecule has 2 aromatic rings. The van der Waals surface area contributed by atoms with Crippen LogP contribution in [0.15, 0.2) is 42.7 Å². The number of aryl methyl sites for hydroxylation is 1. The number of pyridine rings is 1. The highest BCUT2D eigenvalue weighted by Gasteiger charge is 2.11. The fraction of sp³-hybridized carbons (Fsp3) is 0.350. The molecule has 5 nitrogen and oxygen atoms in total. The summed E-state index contributed by atoms with van der Waals surface area (Å²) < 4.78 is 0. The van der Waals surface area contributed by atoms with Crippen LogP contribution >= 0.6 is 0 Å². The van der Waals surface area contributed by atoms with Crippen LogP contribution in [0.5, 0.6) is 0 Å². The van der Waals surface area contributed by atoms with Gasteiger partial charge in [0.2, 0.25) is 5.91 Å². The first-order valence-corrected chi connectivity index (χ1v) is 8.63. The van der Waals surface area contributed by atoms with Crippen molar-refractivity contribution < 1.29 is 9.59 Å². The number of amides is 1. The zero-order valence-corrected chi connectivity index (χ0v) is 15.1. The smallest absolute Gasteiger partial charge is 0.224 e. The van der Waals surface area contributed by atoms with Crippen molar-refractivity contribution in [3.63, 3.8) is 0 Å². The number of nitrogens with zero attached hydrogens (tertiary/aromatic N) is 2. The highest BCUT2D eigenvalue weighted by Crippen LogP contribution is 2.23. The van der Waals surface area contributed by atoms with Crippen molar-refractivity contribution in [2.24, 2.45) is 0 Å². The monoisotopic (exact) mass is 339 g/mol. The molecule has 0 radical (unpaired) electrons. The molecule has 0 saturated carbocycles. The summed E-state index contributed by atoms with van der Waals surface area (Å²) in [5, 5.41) is 2.89. The number of carbonyl (C=O) groups is 2. The quantitative estimate of drug-likeness (QED) is 0.742. The molecule has 0 bridgehead atoms. The number of hydrogen-bond donors (Lipinski definition) is 1. The van der Waals surface area contributed by atoms with Gasteiger partial charge in [0.05, 0.1) is 0 Å². The summed E-state index contributed by atoms with van der Waals surface area (Å²) in [6.07, 6.45) is 3.48. The summed E-state index contributed by atoms with van der Waals surface area (Å²) in [5.41, 5.74) is 3.48. The predicted molar refractivity (Wildman–Crippen MR) is 101 cm³/mol. The third-order valence-corrected chi connectivity index (χ3v) is 4.18. The topological polar surface area (TPSA) is 62.3 Å². The molecular weight excluding hydrogens is 314 g/mol. The van der Waals surface area contributed by atoms with E-state index in [1.165, 1.54) is 6.20 Å². The second kappa shape index (κ2) is 8.97. The lowest BCUT2D eigenvalue weighted by atomic mass is 10.1. The number of anilines is 2. The SMILES string of the molecule is CCN(CC)c1ccc(NC(=O)CCC(=O)c2cccnc2)c(C)c1. The minimum absolute atomic E-state index is 0.0724. The average Bonchev–Trinajstić information content (AvgIpc) is 2.63. The second-order valence-electron chi connectivity index (χ2n) is 5.88. The Labute approximate surface area is 149 Å². The Balaban J connectivity index is 1.93. The summed E-state index contributed by atoms with van der Waals surface area (Å²) in [6.45, 7) is 8.10. The molecule has 0 spiro atoms. The van der Waals surface area contributed by atoms with Crippen LogP contribution in [-0.4, -0.2) is 29.8 Å². The van der Waals surface area contributed by atoms with Crippen LogP contribution in [0.1, 0.15) is 42.6 Å². The Kier molecular flexibility index (Phi) is 6.69. The number of aromatic nitrogens is 1. The highest BCUT2D eigenvalue weighted by atomic mass is 16.2. The Morgan fingerprint density at radius 3 is 2.48 bits per heavy atom. The van der Waals surface area contributed by atoms with E-state index < -0.39 is 0 Å². The van der Waals surface area contributed by atoms with E-state index in [2.05, 4.69) is 35.1 Å². The molecule has 1 aromatic heterocycles. The molecule has 1 amide bonds. The van der Waals surface area contributed by atoms with E-state index in [0.717, 1.165) is 30.0 Å². The summed E-state index contributed by atoms with van der Waals surface area (Å²) in [6, 6.07) is 9.43. The summed E-state index contributed by atoms with van der Waals surface area (Å²) in [7, 11) is 0. The van der Waals surface area contributed by atoms with Gasteiger partial charge in [-0.2, -0.15) is 0 Å². The lowest BCUT2D eigenvalue weighted by Gasteiger charge is -2.22. The van der Waals surface area contributed by atoms with Crippen molar-refractivity contribution in [1.29, 1.82) is 0 Å². The first-order chi connectivity index (χ1) is 12.0. The standard InChI is InChI=1S/C20H25N3O2/c1-4-23(5-2)17-8-9-18(15(3)13-17)22-20(25)11-10-19(24)16-7-6-12-21-14-16/h6-9,12-14H,4-5,10-11H2,1-3H3,(H,22,25). The molecule has 5 heteroatoms. The number of ketones is 1. The number of benzene rings is 1. The largest absolute Gasteiger partial charge is 0.372 e. The Bertz CT molecular complexity index is 725. The van der Waals surface area contributed by atoms with Gasteiger partial charge in [-0.15, -0.1) is 0 Å². The molecule has 25 heavy (non-hydrogen) atoms. The van der Waals surface area contributed by atoms with Crippen LogP contribution in [0.2, 0.25) is 0 Å². The molecule has 0 fully saturated rings. The van der Waals surface area contributed by atoms with Gasteiger partial charge in [0, 0.05) is 55.3 Å². The number of carbonyl (C=O) groups excluding carboxylic acids is 2. The fourth-order valence-corrected chi connectivity index (χ4v) is 2.69. The second-order valence-corrected chi connectivity index (χ2v) is 5.88. The van der Waals surface area contributed by atoms with Crippen LogP contribution in [0, 0.1) is 6.92 Å². The molecule has 0 unspecified atom stereocenters. The minimum Gasteiger partial charge on any atom is -0.372 e. The Hall–Kier alpha value is -2.69. The normalized spacial score (nSPS) is 10.4. The van der Waals surface area contributed by atoms with Crippen LogP contribution in [0.25, 0.3) is 0 Å². The molecule has 0 aliphatic carbocycles. The molecule has 1 aromatic carbocycles. The average molecular weight is 339 g/mol. The minimum atomic E-state index is -0.157. The van der Waals surface area contributed by atoms with E-state index >= 15 is 0 Å². The predicted octanol–water partition coefficient (Wildman–Crippen LogP) is 3.84. The van der Waals surface area contributed by atoms with Gasteiger partial charge in [-0.05, 0) is 56.7 Å². The third-order valence-electron chi connectivity index (χ3n) is 4.18. The number of Topliss-reactive ketones (excluding diaryl/α,β-unsaturated/α-hetero) is 1. The summed E-state index contributed by atoms with van der Waals surface area (Å²) in [5.74, 6) is -0.229. The third kappa shape index (κ3) is 5.14.